The number of hydrogen-bond donors (Lipinski definition) is 1. The first-order valence-corrected chi connectivity index (χ1v) is 7.20. The van der Waals surface area contributed by atoms with Gasteiger partial charge in [-0.25, -0.2) is 8.42 Å². The van der Waals surface area contributed by atoms with E-state index >= 15 is 0 Å². The number of aliphatic hydroxyl groups is 1. The van der Waals surface area contributed by atoms with Crippen molar-refractivity contribution in [1.29, 1.82) is 0 Å². The van der Waals surface area contributed by atoms with E-state index in [9.17, 15) is 8.42 Å². The zero-order valence-corrected chi connectivity index (χ0v) is 11.4. The van der Waals surface area contributed by atoms with Gasteiger partial charge in [-0.15, -0.1) is 0 Å². The van der Waals surface area contributed by atoms with Gasteiger partial charge in [0.15, 0.2) is 0 Å². The fourth-order valence-electron chi connectivity index (χ4n) is 1.56. The highest BCUT2D eigenvalue weighted by Crippen LogP contribution is 2.15. The van der Waals surface area contributed by atoms with Crippen LogP contribution in [0.3, 0.4) is 0 Å². The second-order valence-electron chi connectivity index (χ2n) is 3.57. The SMILES string of the molecule is CCN(CC)S(=O)(=O)c1ccc(C#CCO)cc1. The molecule has 1 aromatic carbocycles. The molecule has 0 bridgehead atoms. The molecular formula is C13H17NO3S. The van der Waals surface area contributed by atoms with E-state index in [4.69, 9.17) is 5.11 Å². The van der Waals surface area contributed by atoms with E-state index in [1.807, 2.05) is 13.8 Å². The lowest BCUT2D eigenvalue weighted by Gasteiger charge is -2.18. The molecule has 0 saturated heterocycles. The van der Waals surface area contributed by atoms with Crippen molar-refractivity contribution in [2.24, 2.45) is 0 Å². The summed E-state index contributed by atoms with van der Waals surface area (Å²) in [6, 6.07) is 6.35. The number of nitrogens with zero attached hydrogens (tertiary/aromatic N) is 1. The van der Waals surface area contributed by atoms with Gasteiger partial charge in [0.1, 0.15) is 6.61 Å². The predicted molar refractivity (Wildman–Crippen MR) is 70.5 cm³/mol. The van der Waals surface area contributed by atoms with Gasteiger partial charge in [0, 0.05) is 18.7 Å². The highest BCUT2D eigenvalue weighted by atomic mass is 32.2. The van der Waals surface area contributed by atoms with Crippen LogP contribution in [-0.2, 0) is 10.0 Å². The monoisotopic (exact) mass is 267 g/mol. The zero-order chi connectivity index (χ0) is 13.6. The van der Waals surface area contributed by atoms with Crippen molar-refractivity contribution in [3.8, 4) is 11.8 Å². The van der Waals surface area contributed by atoms with Crippen LogP contribution in [0.2, 0.25) is 0 Å². The van der Waals surface area contributed by atoms with Gasteiger partial charge < -0.3 is 5.11 Å². The van der Waals surface area contributed by atoms with E-state index < -0.39 is 10.0 Å². The quantitative estimate of drug-likeness (QED) is 0.830. The number of hydrogen-bond acceptors (Lipinski definition) is 3. The average molecular weight is 267 g/mol. The molecule has 0 saturated carbocycles. The summed E-state index contributed by atoms with van der Waals surface area (Å²) in [5, 5.41) is 8.57. The van der Waals surface area contributed by atoms with Crippen molar-refractivity contribution in [3.05, 3.63) is 29.8 Å². The molecule has 4 nitrogen and oxygen atoms in total. The van der Waals surface area contributed by atoms with E-state index in [0.29, 0.717) is 18.7 Å². The van der Waals surface area contributed by atoms with E-state index in [0.717, 1.165) is 0 Å². The molecule has 0 heterocycles. The molecular weight excluding hydrogens is 250 g/mol. The fourth-order valence-corrected chi connectivity index (χ4v) is 3.02. The lowest BCUT2D eigenvalue weighted by atomic mass is 10.2. The van der Waals surface area contributed by atoms with Crippen molar-refractivity contribution in [2.75, 3.05) is 19.7 Å². The van der Waals surface area contributed by atoms with Crippen molar-refractivity contribution in [1.82, 2.24) is 4.31 Å². The largest absolute Gasteiger partial charge is 0.384 e. The summed E-state index contributed by atoms with van der Waals surface area (Å²) in [5.74, 6) is 5.24. The van der Waals surface area contributed by atoms with Gasteiger partial charge in [-0.05, 0) is 24.3 Å². The van der Waals surface area contributed by atoms with Gasteiger partial charge >= 0.3 is 0 Å². The predicted octanol–water partition coefficient (Wildman–Crippen LogP) is 1.06. The standard InChI is InChI=1S/C13H17NO3S/c1-3-14(4-2)18(16,17)13-9-7-12(8-10-13)6-5-11-15/h7-10,15H,3-4,11H2,1-2H3. The molecule has 0 radical (unpaired) electrons. The molecule has 0 amide bonds. The highest BCUT2D eigenvalue weighted by Gasteiger charge is 2.20. The molecule has 0 unspecified atom stereocenters. The molecule has 98 valence electrons. The zero-order valence-electron chi connectivity index (χ0n) is 10.5. The maximum absolute atomic E-state index is 12.2. The minimum atomic E-state index is -3.40. The van der Waals surface area contributed by atoms with E-state index in [-0.39, 0.29) is 11.5 Å². The van der Waals surface area contributed by atoms with Crippen molar-refractivity contribution in [3.63, 3.8) is 0 Å². The third-order valence-corrected chi connectivity index (χ3v) is 4.57. The Kier molecular flexibility index (Phi) is 5.35. The molecule has 5 heteroatoms. The van der Waals surface area contributed by atoms with Gasteiger partial charge in [0.05, 0.1) is 4.90 Å². The number of sulfonamides is 1. The lowest BCUT2D eigenvalue weighted by molar-refractivity contribution is 0.350. The molecule has 0 fully saturated rings. The summed E-state index contributed by atoms with van der Waals surface area (Å²) in [5.41, 5.74) is 0.683. The first-order chi connectivity index (χ1) is 8.56. The third kappa shape index (κ3) is 3.33. The summed E-state index contributed by atoms with van der Waals surface area (Å²) in [6.45, 7) is 4.31. The summed E-state index contributed by atoms with van der Waals surface area (Å²) < 4.78 is 25.7. The van der Waals surface area contributed by atoms with E-state index in [1.165, 1.54) is 16.4 Å². The number of rotatable bonds is 4. The Bertz CT molecular complexity index is 534. The Balaban J connectivity index is 3.04. The average Bonchev–Trinajstić information content (AvgIpc) is 2.38. The first kappa shape index (κ1) is 14.7. The van der Waals surface area contributed by atoms with Crippen LogP contribution in [0, 0.1) is 11.8 Å². The van der Waals surface area contributed by atoms with Crippen LogP contribution in [-0.4, -0.2) is 37.5 Å². The number of benzene rings is 1. The van der Waals surface area contributed by atoms with Gasteiger partial charge in [0.25, 0.3) is 0 Å². The molecule has 0 aliphatic rings. The first-order valence-electron chi connectivity index (χ1n) is 5.76. The minimum Gasteiger partial charge on any atom is -0.384 e. The van der Waals surface area contributed by atoms with Gasteiger partial charge in [-0.3, -0.25) is 0 Å². The summed E-state index contributed by atoms with van der Waals surface area (Å²) >= 11 is 0. The fraction of sp³-hybridized carbons (Fsp3) is 0.385. The van der Waals surface area contributed by atoms with Crippen molar-refractivity contribution < 1.29 is 13.5 Å². The minimum absolute atomic E-state index is 0.209. The molecule has 1 aromatic rings. The summed E-state index contributed by atoms with van der Waals surface area (Å²) in [7, 11) is -3.40. The van der Waals surface area contributed by atoms with Crippen LogP contribution in [0.1, 0.15) is 19.4 Å². The van der Waals surface area contributed by atoms with Crippen LogP contribution >= 0.6 is 0 Å². The topological polar surface area (TPSA) is 57.6 Å². The Morgan fingerprint density at radius 1 is 1.17 bits per heavy atom. The molecule has 0 aromatic heterocycles. The Labute approximate surface area is 108 Å². The molecule has 1 N–H and O–H groups in total. The van der Waals surface area contributed by atoms with Crippen molar-refractivity contribution in [2.45, 2.75) is 18.7 Å². The third-order valence-electron chi connectivity index (χ3n) is 2.51. The molecule has 0 aliphatic carbocycles. The van der Waals surface area contributed by atoms with Crippen LogP contribution in [0.25, 0.3) is 0 Å². The molecule has 0 atom stereocenters. The lowest BCUT2D eigenvalue weighted by Crippen LogP contribution is -2.30. The van der Waals surface area contributed by atoms with Crippen LogP contribution in [0.5, 0.6) is 0 Å². The second-order valence-corrected chi connectivity index (χ2v) is 5.51. The van der Waals surface area contributed by atoms with Crippen LogP contribution in [0.15, 0.2) is 29.2 Å². The molecule has 18 heavy (non-hydrogen) atoms. The molecule has 0 aliphatic heterocycles. The van der Waals surface area contributed by atoms with E-state index in [2.05, 4.69) is 11.8 Å². The normalized spacial score (nSPS) is 11.1. The molecule has 1 rings (SSSR count). The molecule has 0 spiro atoms. The second kappa shape index (κ2) is 6.55. The Morgan fingerprint density at radius 2 is 1.72 bits per heavy atom. The van der Waals surface area contributed by atoms with Crippen molar-refractivity contribution >= 4 is 10.0 Å². The Morgan fingerprint density at radius 3 is 2.17 bits per heavy atom. The summed E-state index contributed by atoms with van der Waals surface area (Å²) in [6.07, 6.45) is 0. The maximum Gasteiger partial charge on any atom is 0.243 e. The van der Waals surface area contributed by atoms with Gasteiger partial charge in [-0.2, -0.15) is 4.31 Å². The maximum atomic E-state index is 12.2. The highest BCUT2D eigenvalue weighted by molar-refractivity contribution is 7.89. The smallest absolute Gasteiger partial charge is 0.243 e. The van der Waals surface area contributed by atoms with E-state index in [1.54, 1.807) is 12.1 Å². The van der Waals surface area contributed by atoms with Gasteiger partial charge in [-0.1, -0.05) is 25.7 Å². The Hall–Kier alpha value is -1.35. The van der Waals surface area contributed by atoms with Crippen LogP contribution < -0.4 is 0 Å². The summed E-state index contributed by atoms with van der Waals surface area (Å²) in [4.78, 5) is 0.265. The van der Waals surface area contributed by atoms with Crippen LogP contribution in [0.4, 0.5) is 0 Å². The number of aliphatic hydroxyl groups excluding tert-OH is 1. The van der Waals surface area contributed by atoms with Gasteiger partial charge in [0.2, 0.25) is 10.0 Å².